The number of aliphatic hydroxyl groups excluding tert-OH is 2. The molecule has 0 saturated carbocycles. The third kappa shape index (κ3) is 36.4. The number of ether oxygens (including phenoxy) is 2. The molecule has 0 saturated heterocycles. The van der Waals surface area contributed by atoms with E-state index in [0.717, 1.165) is 44.9 Å². The number of carbonyl (C=O) groups excluding carboxylic acids is 2. The maximum atomic E-state index is 12.2. The Morgan fingerprint density at radius 3 is 1.67 bits per heavy atom. The van der Waals surface area contributed by atoms with Crippen LogP contribution in [0.3, 0.4) is 0 Å². The number of hydrogen-bond acceptors (Lipinski definition) is 6. The van der Waals surface area contributed by atoms with Gasteiger partial charge in [0.1, 0.15) is 6.61 Å². The number of allylic oxidation sites excluding steroid dienone is 10. The standard InChI is InChI=1S/C43H72O6/c1-3-5-7-9-11-13-15-17-18-20-22-24-26-28-32-37-43(47)49-41(38-44)39-48-42(46)36-33-29-31-35-40(45)34-30-27-25-23-21-19-16-14-12-10-8-6-4-2/h6,8,12,14,19,21,25,27,29-31,34,40-41,44-45H,3-5,7,9-11,13,15-18,20,22-24,26,28,32-33,35-39H2,1-2H3/b8-6-,14-12-,21-19-,27-25-,31-29-,34-30-/t40?,41-/m0/s1. The molecule has 0 bridgehead atoms. The van der Waals surface area contributed by atoms with E-state index in [4.69, 9.17) is 9.47 Å². The minimum absolute atomic E-state index is 0.148. The number of unbranched alkanes of at least 4 members (excludes halogenated alkanes) is 14. The SMILES string of the molecule is CC/C=C\C/C=C\C/C=C\C/C=C\C=C/C(O)C/C=C\CCC(=O)OC[C@H](CO)OC(=O)CCCCCCCCCCCCCCCCC. The molecule has 0 fully saturated rings. The number of esters is 2. The van der Waals surface area contributed by atoms with E-state index in [1.54, 1.807) is 6.08 Å². The van der Waals surface area contributed by atoms with Crippen LogP contribution in [0.1, 0.15) is 162 Å². The highest BCUT2D eigenvalue weighted by molar-refractivity contribution is 5.70. The lowest BCUT2D eigenvalue weighted by Crippen LogP contribution is -2.28. The molecule has 6 nitrogen and oxygen atoms in total. The normalized spacial score (nSPS) is 13.6. The van der Waals surface area contributed by atoms with Crippen molar-refractivity contribution in [1.29, 1.82) is 0 Å². The third-order valence-electron chi connectivity index (χ3n) is 8.11. The molecule has 6 heteroatoms. The highest BCUT2D eigenvalue weighted by Crippen LogP contribution is 2.14. The van der Waals surface area contributed by atoms with E-state index >= 15 is 0 Å². The molecular weight excluding hydrogens is 612 g/mol. The molecule has 0 aromatic heterocycles. The number of aliphatic hydroxyl groups is 2. The monoisotopic (exact) mass is 685 g/mol. The van der Waals surface area contributed by atoms with E-state index in [1.807, 2.05) is 30.4 Å². The van der Waals surface area contributed by atoms with Crippen molar-refractivity contribution in [1.82, 2.24) is 0 Å². The minimum atomic E-state index is -0.838. The lowest BCUT2D eigenvalue weighted by Gasteiger charge is -2.15. The molecule has 0 rings (SSSR count). The van der Waals surface area contributed by atoms with Gasteiger partial charge in [-0.05, 0) is 44.9 Å². The molecule has 49 heavy (non-hydrogen) atoms. The van der Waals surface area contributed by atoms with Crippen molar-refractivity contribution in [3.8, 4) is 0 Å². The smallest absolute Gasteiger partial charge is 0.306 e. The van der Waals surface area contributed by atoms with Gasteiger partial charge in [0.15, 0.2) is 6.10 Å². The number of hydrogen-bond donors (Lipinski definition) is 2. The highest BCUT2D eigenvalue weighted by Gasteiger charge is 2.16. The molecule has 0 aliphatic rings. The molecule has 2 atom stereocenters. The van der Waals surface area contributed by atoms with E-state index in [2.05, 4.69) is 50.3 Å². The molecular formula is C43H72O6. The Bertz CT molecular complexity index is 929. The van der Waals surface area contributed by atoms with E-state index in [-0.39, 0.29) is 25.6 Å². The van der Waals surface area contributed by atoms with Gasteiger partial charge in [0.2, 0.25) is 0 Å². The first-order chi connectivity index (χ1) is 24.0. The molecule has 0 aliphatic carbocycles. The topological polar surface area (TPSA) is 93.1 Å². The maximum absolute atomic E-state index is 12.2. The second-order valence-electron chi connectivity index (χ2n) is 12.8. The van der Waals surface area contributed by atoms with Crippen LogP contribution in [0.25, 0.3) is 0 Å². The van der Waals surface area contributed by atoms with E-state index in [9.17, 15) is 19.8 Å². The van der Waals surface area contributed by atoms with Gasteiger partial charge in [0, 0.05) is 12.8 Å². The zero-order valence-corrected chi connectivity index (χ0v) is 31.3. The Morgan fingerprint density at radius 1 is 0.592 bits per heavy atom. The molecule has 0 spiro atoms. The molecule has 0 aromatic carbocycles. The molecule has 0 heterocycles. The van der Waals surface area contributed by atoms with Gasteiger partial charge < -0.3 is 19.7 Å². The summed E-state index contributed by atoms with van der Waals surface area (Å²) in [6.45, 7) is 3.86. The van der Waals surface area contributed by atoms with Crippen molar-refractivity contribution in [2.24, 2.45) is 0 Å². The summed E-state index contributed by atoms with van der Waals surface area (Å²) < 4.78 is 10.5. The first kappa shape index (κ1) is 46.3. The van der Waals surface area contributed by atoms with Gasteiger partial charge in [-0.25, -0.2) is 0 Å². The van der Waals surface area contributed by atoms with Crippen LogP contribution >= 0.6 is 0 Å². The van der Waals surface area contributed by atoms with Crippen LogP contribution in [-0.2, 0) is 19.1 Å². The fraction of sp³-hybridized carbons (Fsp3) is 0.674. The van der Waals surface area contributed by atoms with Crippen LogP contribution in [0.2, 0.25) is 0 Å². The quantitative estimate of drug-likeness (QED) is 0.0303. The predicted octanol–water partition coefficient (Wildman–Crippen LogP) is 11.1. The molecule has 0 amide bonds. The Labute approximate surface area is 300 Å². The van der Waals surface area contributed by atoms with Crippen LogP contribution in [-0.4, -0.2) is 47.6 Å². The zero-order chi connectivity index (χ0) is 35.9. The summed E-state index contributed by atoms with van der Waals surface area (Å²) >= 11 is 0. The fourth-order valence-corrected chi connectivity index (χ4v) is 5.13. The van der Waals surface area contributed by atoms with Crippen LogP contribution in [0.15, 0.2) is 72.9 Å². The summed E-state index contributed by atoms with van der Waals surface area (Å²) in [7, 11) is 0. The first-order valence-electron chi connectivity index (χ1n) is 19.6. The second-order valence-corrected chi connectivity index (χ2v) is 12.8. The summed E-state index contributed by atoms with van der Waals surface area (Å²) in [4.78, 5) is 24.2. The summed E-state index contributed by atoms with van der Waals surface area (Å²) in [6.07, 6.45) is 47.1. The van der Waals surface area contributed by atoms with Crippen LogP contribution in [0.4, 0.5) is 0 Å². The Hall–Kier alpha value is -2.70. The van der Waals surface area contributed by atoms with E-state index in [0.29, 0.717) is 19.3 Å². The average molecular weight is 685 g/mol. The largest absolute Gasteiger partial charge is 0.462 e. The van der Waals surface area contributed by atoms with Crippen molar-refractivity contribution >= 4 is 11.9 Å². The fourth-order valence-electron chi connectivity index (χ4n) is 5.13. The second kappa shape index (κ2) is 38.1. The highest BCUT2D eigenvalue weighted by atomic mass is 16.6. The van der Waals surface area contributed by atoms with Gasteiger partial charge in [0.25, 0.3) is 0 Å². The number of carbonyl (C=O) groups is 2. The lowest BCUT2D eigenvalue weighted by molar-refractivity contribution is -0.161. The van der Waals surface area contributed by atoms with E-state index in [1.165, 1.54) is 77.0 Å². The number of rotatable bonds is 34. The lowest BCUT2D eigenvalue weighted by atomic mass is 10.0. The Kier molecular flexibility index (Phi) is 36.0. The molecule has 0 aliphatic heterocycles. The molecule has 0 aromatic rings. The zero-order valence-electron chi connectivity index (χ0n) is 31.3. The van der Waals surface area contributed by atoms with Crippen molar-refractivity contribution in [2.75, 3.05) is 13.2 Å². The molecule has 0 radical (unpaired) electrons. The van der Waals surface area contributed by atoms with Crippen molar-refractivity contribution in [2.45, 2.75) is 174 Å². The van der Waals surface area contributed by atoms with Crippen molar-refractivity contribution in [3.63, 3.8) is 0 Å². The van der Waals surface area contributed by atoms with Crippen molar-refractivity contribution in [3.05, 3.63) is 72.9 Å². The summed E-state index contributed by atoms with van der Waals surface area (Å²) in [5, 5.41) is 19.6. The predicted molar refractivity (Wildman–Crippen MR) is 206 cm³/mol. The van der Waals surface area contributed by atoms with E-state index < -0.39 is 18.2 Å². The van der Waals surface area contributed by atoms with Crippen molar-refractivity contribution < 1.29 is 29.3 Å². The van der Waals surface area contributed by atoms with Gasteiger partial charge in [-0.15, -0.1) is 0 Å². The molecule has 1 unspecified atom stereocenters. The average Bonchev–Trinajstić information content (AvgIpc) is 3.10. The van der Waals surface area contributed by atoms with Gasteiger partial charge in [-0.2, -0.15) is 0 Å². The van der Waals surface area contributed by atoms with Crippen LogP contribution in [0.5, 0.6) is 0 Å². The molecule has 2 N–H and O–H groups in total. The van der Waals surface area contributed by atoms with Gasteiger partial charge in [-0.1, -0.05) is 177 Å². The minimum Gasteiger partial charge on any atom is -0.462 e. The Morgan fingerprint density at radius 2 is 1.12 bits per heavy atom. The van der Waals surface area contributed by atoms with Gasteiger partial charge in [0.05, 0.1) is 12.7 Å². The summed E-state index contributed by atoms with van der Waals surface area (Å²) in [5.74, 6) is -0.774. The third-order valence-corrected chi connectivity index (χ3v) is 8.11. The van der Waals surface area contributed by atoms with Gasteiger partial charge in [-0.3, -0.25) is 9.59 Å². The summed E-state index contributed by atoms with van der Waals surface area (Å²) in [6, 6.07) is 0. The molecule has 280 valence electrons. The first-order valence-corrected chi connectivity index (χ1v) is 19.6. The van der Waals surface area contributed by atoms with Gasteiger partial charge >= 0.3 is 11.9 Å². The van der Waals surface area contributed by atoms with Crippen LogP contribution < -0.4 is 0 Å². The van der Waals surface area contributed by atoms with Crippen LogP contribution in [0, 0.1) is 0 Å². The summed E-state index contributed by atoms with van der Waals surface area (Å²) in [5.41, 5.74) is 0. The maximum Gasteiger partial charge on any atom is 0.306 e. The Balaban J connectivity index is 3.80.